The van der Waals surface area contributed by atoms with Gasteiger partial charge in [0.1, 0.15) is 11.5 Å². The highest BCUT2D eigenvalue weighted by atomic mass is 32.2. The first-order chi connectivity index (χ1) is 12.8. The van der Waals surface area contributed by atoms with Crippen molar-refractivity contribution in [3.8, 4) is 17.6 Å². The van der Waals surface area contributed by atoms with Crippen LogP contribution in [0.5, 0.6) is 11.5 Å². The lowest BCUT2D eigenvalue weighted by atomic mass is 10.2. The molecule has 0 spiro atoms. The van der Waals surface area contributed by atoms with E-state index in [9.17, 15) is 13.2 Å². The van der Waals surface area contributed by atoms with Crippen LogP contribution in [0, 0.1) is 11.3 Å². The molecule has 1 N–H and O–H groups in total. The standard InChI is InChI=1S/C18H19N3O5S/c1-21(27(23,24)15-7-4-13(11-19)5-8-15)12-18(22)20-16-9-6-14(25-2)10-17(16)26-3/h4-10H,12H2,1-3H3,(H,20,22). The Hall–Kier alpha value is -3.09. The Labute approximate surface area is 158 Å². The van der Waals surface area contributed by atoms with Gasteiger partial charge in [-0.05, 0) is 36.4 Å². The molecule has 0 atom stereocenters. The molecule has 0 radical (unpaired) electrons. The summed E-state index contributed by atoms with van der Waals surface area (Å²) in [6, 6.07) is 12.2. The first-order valence-corrected chi connectivity index (χ1v) is 9.24. The van der Waals surface area contributed by atoms with Crippen molar-refractivity contribution in [3.05, 3.63) is 48.0 Å². The maximum Gasteiger partial charge on any atom is 0.243 e. The van der Waals surface area contributed by atoms with E-state index in [4.69, 9.17) is 14.7 Å². The molecule has 2 aromatic carbocycles. The third-order valence-electron chi connectivity index (χ3n) is 3.74. The Bertz CT molecular complexity index is 965. The average molecular weight is 389 g/mol. The first-order valence-electron chi connectivity index (χ1n) is 7.80. The van der Waals surface area contributed by atoms with E-state index in [1.807, 2.05) is 6.07 Å². The number of amides is 1. The fourth-order valence-electron chi connectivity index (χ4n) is 2.26. The van der Waals surface area contributed by atoms with Crippen LogP contribution in [0.4, 0.5) is 5.69 Å². The van der Waals surface area contributed by atoms with E-state index in [1.165, 1.54) is 45.5 Å². The number of sulfonamides is 1. The fraction of sp³-hybridized carbons (Fsp3) is 0.222. The van der Waals surface area contributed by atoms with Gasteiger partial charge in [0.15, 0.2) is 0 Å². The van der Waals surface area contributed by atoms with Crippen molar-refractivity contribution in [2.45, 2.75) is 4.90 Å². The zero-order valence-electron chi connectivity index (χ0n) is 15.1. The Morgan fingerprint density at radius 2 is 1.81 bits per heavy atom. The number of nitrogens with one attached hydrogen (secondary N) is 1. The SMILES string of the molecule is COc1ccc(NC(=O)CN(C)S(=O)(=O)c2ccc(C#N)cc2)c(OC)c1. The number of anilines is 1. The molecular weight excluding hydrogens is 370 g/mol. The molecule has 0 saturated heterocycles. The van der Waals surface area contributed by atoms with Gasteiger partial charge in [-0.25, -0.2) is 8.42 Å². The number of hydrogen-bond donors (Lipinski definition) is 1. The van der Waals surface area contributed by atoms with Crippen molar-refractivity contribution in [1.82, 2.24) is 4.31 Å². The van der Waals surface area contributed by atoms with Gasteiger partial charge in [0, 0.05) is 13.1 Å². The van der Waals surface area contributed by atoms with E-state index in [0.717, 1.165) is 4.31 Å². The number of likely N-dealkylation sites (N-methyl/N-ethyl adjacent to an activating group) is 1. The van der Waals surface area contributed by atoms with E-state index >= 15 is 0 Å². The summed E-state index contributed by atoms with van der Waals surface area (Å²) in [5.41, 5.74) is 0.744. The van der Waals surface area contributed by atoms with Crippen LogP contribution >= 0.6 is 0 Å². The molecule has 27 heavy (non-hydrogen) atoms. The highest BCUT2D eigenvalue weighted by Gasteiger charge is 2.23. The molecule has 0 aliphatic rings. The number of ether oxygens (including phenoxy) is 2. The number of rotatable bonds is 7. The Morgan fingerprint density at radius 1 is 1.15 bits per heavy atom. The molecule has 0 aliphatic heterocycles. The average Bonchev–Trinajstić information content (AvgIpc) is 2.68. The predicted octanol–water partition coefficient (Wildman–Crippen LogP) is 1.83. The lowest BCUT2D eigenvalue weighted by Gasteiger charge is -2.18. The van der Waals surface area contributed by atoms with Gasteiger partial charge in [0.2, 0.25) is 15.9 Å². The maximum absolute atomic E-state index is 12.5. The summed E-state index contributed by atoms with van der Waals surface area (Å²) in [4.78, 5) is 12.3. The van der Waals surface area contributed by atoms with Gasteiger partial charge < -0.3 is 14.8 Å². The van der Waals surface area contributed by atoms with Crippen LogP contribution < -0.4 is 14.8 Å². The first kappa shape index (κ1) is 20.2. The highest BCUT2D eigenvalue weighted by molar-refractivity contribution is 7.89. The van der Waals surface area contributed by atoms with Crippen LogP contribution in [0.25, 0.3) is 0 Å². The molecule has 0 aliphatic carbocycles. The molecule has 2 aromatic rings. The Morgan fingerprint density at radius 3 is 2.37 bits per heavy atom. The van der Waals surface area contributed by atoms with Gasteiger partial charge >= 0.3 is 0 Å². The highest BCUT2D eigenvalue weighted by Crippen LogP contribution is 2.29. The van der Waals surface area contributed by atoms with Gasteiger partial charge in [0.05, 0.1) is 43.0 Å². The zero-order valence-corrected chi connectivity index (χ0v) is 15.9. The van der Waals surface area contributed by atoms with Gasteiger partial charge in [-0.3, -0.25) is 4.79 Å². The van der Waals surface area contributed by atoms with Gasteiger partial charge in [-0.15, -0.1) is 0 Å². The van der Waals surface area contributed by atoms with E-state index < -0.39 is 22.5 Å². The molecule has 1 amide bonds. The number of hydrogen-bond acceptors (Lipinski definition) is 6. The maximum atomic E-state index is 12.5. The van der Waals surface area contributed by atoms with Crippen molar-refractivity contribution in [3.63, 3.8) is 0 Å². The summed E-state index contributed by atoms with van der Waals surface area (Å²) in [6.07, 6.45) is 0. The smallest absolute Gasteiger partial charge is 0.243 e. The van der Waals surface area contributed by atoms with E-state index in [0.29, 0.717) is 22.7 Å². The molecule has 0 fully saturated rings. The summed E-state index contributed by atoms with van der Waals surface area (Å²) in [5.74, 6) is 0.420. The van der Waals surface area contributed by atoms with Crippen LogP contribution in [-0.2, 0) is 14.8 Å². The quantitative estimate of drug-likeness (QED) is 0.774. The summed E-state index contributed by atoms with van der Waals surface area (Å²) in [7, 11) is 0.398. The number of carbonyl (C=O) groups excluding carboxylic acids is 1. The second kappa shape index (κ2) is 8.53. The molecule has 0 saturated carbocycles. The summed E-state index contributed by atoms with van der Waals surface area (Å²) < 4.78 is 36.3. The van der Waals surface area contributed by atoms with Crippen LogP contribution in [-0.4, -0.2) is 46.4 Å². The van der Waals surface area contributed by atoms with Crippen molar-refractivity contribution < 1.29 is 22.7 Å². The van der Waals surface area contributed by atoms with E-state index in [-0.39, 0.29) is 4.90 Å². The molecule has 9 heteroatoms. The minimum Gasteiger partial charge on any atom is -0.497 e. The lowest BCUT2D eigenvalue weighted by Crippen LogP contribution is -2.35. The molecule has 0 aromatic heterocycles. The summed E-state index contributed by atoms with van der Waals surface area (Å²) in [5, 5.41) is 11.4. The topological polar surface area (TPSA) is 109 Å². The van der Waals surface area contributed by atoms with Crippen LogP contribution in [0.2, 0.25) is 0 Å². The molecule has 2 rings (SSSR count). The molecule has 142 valence electrons. The Kier molecular flexibility index (Phi) is 6.39. The van der Waals surface area contributed by atoms with Gasteiger partial charge in [-0.2, -0.15) is 9.57 Å². The number of methoxy groups -OCH3 is 2. The number of nitrogens with zero attached hydrogens (tertiary/aromatic N) is 2. The predicted molar refractivity (Wildman–Crippen MR) is 99.1 cm³/mol. The van der Waals surface area contributed by atoms with Crippen LogP contribution in [0.15, 0.2) is 47.4 Å². The van der Waals surface area contributed by atoms with Crippen LogP contribution in [0.3, 0.4) is 0 Å². The van der Waals surface area contributed by atoms with Gasteiger partial charge in [0.25, 0.3) is 0 Å². The number of nitriles is 1. The van der Waals surface area contributed by atoms with Crippen molar-refractivity contribution in [2.75, 3.05) is 33.1 Å². The van der Waals surface area contributed by atoms with E-state index in [1.54, 1.807) is 18.2 Å². The summed E-state index contributed by atoms with van der Waals surface area (Å²) in [6.45, 7) is -0.391. The van der Waals surface area contributed by atoms with Crippen LogP contribution in [0.1, 0.15) is 5.56 Å². The molecule has 0 bridgehead atoms. The largest absolute Gasteiger partial charge is 0.497 e. The zero-order chi connectivity index (χ0) is 20.0. The van der Waals surface area contributed by atoms with Crippen molar-refractivity contribution in [1.29, 1.82) is 5.26 Å². The monoisotopic (exact) mass is 389 g/mol. The minimum atomic E-state index is -3.87. The van der Waals surface area contributed by atoms with Gasteiger partial charge in [-0.1, -0.05) is 0 Å². The normalized spacial score (nSPS) is 10.9. The second-order valence-corrected chi connectivity index (χ2v) is 7.56. The molecule has 8 nitrogen and oxygen atoms in total. The molecule has 0 unspecified atom stereocenters. The number of benzene rings is 2. The van der Waals surface area contributed by atoms with E-state index in [2.05, 4.69) is 5.32 Å². The van der Waals surface area contributed by atoms with Crippen molar-refractivity contribution in [2.24, 2.45) is 0 Å². The fourth-order valence-corrected chi connectivity index (χ4v) is 3.39. The lowest BCUT2D eigenvalue weighted by molar-refractivity contribution is -0.116. The molecular formula is C18H19N3O5S. The Balaban J connectivity index is 2.11. The third-order valence-corrected chi connectivity index (χ3v) is 5.56. The number of carbonyl (C=O) groups is 1. The molecule has 0 heterocycles. The summed E-state index contributed by atoms with van der Waals surface area (Å²) >= 11 is 0. The second-order valence-electron chi connectivity index (χ2n) is 5.51. The van der Waals surface area contributed by atoms with Crippen molar-refractivity contribution >= 4 is 21.6 Å². The third kappa shape index (κ3) is 4.75. The minimum absolute atomic E-state index is 0.00109.